The van der Waals surface area contributed by atoms with Crippen molar-refractivity contribution in [2.45, 2.75) is 13.0 Å². The minimum Gasteiger partial charge on any atom is -0.336 e. The number of anilines is 1. The summed E-state index contributed by atoms with van der Waals surface area (Å²) in [6.45, 7) is 1.55. The molecule has 0 saturated heterocycles. The van der Waals surface area contributed by atoms with E-state index >= 15 is 0 Å². The minimum absolute atomic E-state index is 0.165. The maximum atomic E-state index is 13.1. The Balaban J connectivity index is 1.86. The van der Waals surface area contributed by atoms with E-state index < -0.39 is 0 Å². The molecule has 0 N–H and O–H groups in total. The van der Waals surface area contributed by atoms with Crippen molar-refractivity contribution in [1.29, 1.82) is 0 Å². The van der Waals surface area contributed by atoms with Gasteiger partial charge in [-0.2, -0.15) is 0 Å². The van der Waals surface area contributed by atoms with Crippen molar-refractivity contribution >= 4 is 21.9 Å². The van der Waals surface area contributed by atoms with Gasteiger partial charge in [-0.1, -0.05) is 6.07 Å². The molecule has 5 heteroatoms. The highest BCUT2D eigenvalue weighted by molar-refractivity contribution is 9.10. The van der Waals surface area contributed by atoms with Gasteiger partial charge in [0.15, 0.2) is 0 Å². The normalized spacial score (nSPS) is 14.4. The average Bonchev–Trinajstić information content (AvgIpc) is 2.39. The summed E-state index contributed by atoms with van der Waals surface area (Å²) in [4.78, 5) is 10.7. The van der Waals surface area contributed by atoms with Gasteiger partial charge >= 0.3 is 0 Å². The van der Waals surface area contributed by atoms with Gasteiger partial charge < -0.3 is 4.90 Å². The minimum atomic E-state index is -0.165. The smallest absolute Gasteiger partial charge is 0.225 e. The molecule has 2 aromatic rings. The van der Waals surface area contributed by atoms with E-state index in [1.165, 1.54) is 6.07 Å². The second-order valence-corrected chi connectivity index (χ2v) is 5.20. The van der Waals surface area contributed by atoms with Crippen molar-refractivity contribution in [3.63, 3.8) is 0 Å². The van der Waals surface area contributed by atoms with Crippen LogP contribution >= 0.6 is 15.9 Å². The molecule has 3 nitrogen and oxygen atoms in total. The SMILES string of the molecule is Fc1ccc2c(c1)CCN(c1ncc(Br)cn1)C2. The Bertz CT molecular complexity index is 571. The summed E-state index contributed by atoms with van der Waals surface area (Å²) >= 11 is 3.32. The van der Waals surface area contributed by atoms with Crippen molar-refractivity contribution in [3.8, 4) is 0 Å². The molecule has 3 rings (SSSR count). The molecule has 1 aromatic heterocycles. The standard InChI is InChI=1S/C13H11BrFN3/c14-11-6-16-13(17-7-11)18-4-3-9-5-12(15)2-1-10(9)8-18/h1-2,5-7H,3-4,8H2. The lowest BCUT2D eigenvalue weighted by Gasteiger charge is -2.28. The number of halogens is 2. The predicted octanol–water partition coefficient (Wildman–Crippen LogP) is 2.94. The molecule has 0 unspecified atom stereocenters. The Kier molecular flexibility index (Phi) is 2.99. The first kappa shape index (κ1) is 11.6. The van der Waals surface area contributed by atoms with Crippen LogP contribution in [-0.2, 0) is 13.0 Å². The van der Waals surface area contributed by atoms with E-state index in [0.717, 1.165) is 35.1 Å². The average molecular weight is 308 g/mol. The van der Waals surface area contributed by atoms with Crippen LogP contribution in [0.4, 0.5) is 10.3 Å². The van der Waals surface area contributed by atoms with E-state index in [1.807, 2.05) is 6.07 Å². The van der Waals surface area contributed by atoms with Gasteiger partial charge in [0.25, 0.3) is 0 Å². The third-order valence-electron chi connectivity index (χ3n) is 3.07. The van der Waals surface area contributed by atoms with Gasteiger partial charge in [0.05, 0.1) is 4.47 Å². The Hall–Kier alpha value is -1.49. The van der Waals surface area contributed by atoms with E-state index in [4.69, 9.17) is 0 Å². The van der Waals surface area contributed by atoms with Crippen LogP contribution in [0, 0.1) is 5.82 Å². The molecule has 1 aliphatic heterocycles. The van der Waals surface area contributed by atoms with Crippen LogP contribution in [0.5, 0.6) is 0 Å². The number of rotatable bonds is 1. The highest BCUT2D eigenvalue weighted by Crippen LogP contribution is 2.23. The summed E-state index contributed by atoms with van der Waals surface area (Å²) in [5.41, 5.74) is 2.23. The first-order valence-corrected chi connectivity index (χ1v) is 6.51. The predicted molar refractivity (Wildman–Crippen MR) is 70.9 cm³/mol. The molecule has 0 spiro atoms. The molecule has 1 aromatic carbocycles. The number of nitrogens with zero attached hydrogens (tertiary/aromatic N) is 3. The quantitative estimate of drug-likeness (QED) is 0.811. The molecule has 0 saturated carbocycles. The molecule has 0 bridgehead atoms. The Morgan fingerprint density at radius 1 is 1.17 bits per heavy atom. The maximum absolute atomic E-state index is 13.1. The lowest BCUT2D eigenvalue weighted by molar-refractivity contribution is 0.618. The third kappa shape index (κ3) is 2.22. The van der Waals surface area contributed by atoms with Crippen LogP contribution in [0.1, 0.15) is 11.1 Å². The third-order valence-corrected chi connectivity index (χ3v) is 3.48. The van der Waals surface area contributed by atoms with Crippen LogP contribution in [0.25, 0.3) is 0 Å². The highest BCUT2D eigenvalue weighted by atomic mass is 79.9. The van der Waals surface area contributed by atoms with Gasteiger partial charge in [0.2, 0.25) is 5.95 Å². The largest absolute Gasteiger partial charge is 0.336 e. The molecule has 18 heavy (non-hydrogen) atoms. The first-order chi connectivity index (χ1) is 8.72. The summed E-state index contributed by atoms with van der Waals surface area (Å²) in [5, 5.41) is 0. The molecule has 0 radical (unpaired) electrons. The summed E-state index contributed by atoms with van der Waals surface area (Å²) in [5.74, 6) is 0.551. The molecule has 0 aliphatic carbocycles. The molecule has 0 fully saturated rings. The number of fused-ring (bicyclic) bond motifs is 1. The van der Waals surface area contributed by atoms with E-state index in [2.05, 4.69) is 30.8 Å². The fourth-order valence-corrected chi connectivity index (χ4v) is 2.37. The van der Waals surface area contributed by atoms with E-state index in [9.17, 15) is 4.39 Å². The molecule has 2 heterocycles. The highest BCUT2D eigenvalue weighted by Gasteiger charge is 2.18. The Labute approximate surface area is 113 Å². The van der Waals surface area contributed by atoms with Crippen LogP contribution < -0.4 is 4.90 Å². The van der Waals surface area contributed by atoms with Crippen LogP contribution in [0.3, 0.4) is 0 Å². The number of benzene rings is 1. The van der Waals surface area contributed by atoms with Crippen LogP contribution in [-0.4, -0.2) is 16.5 Å². The lowest BCUT2D eigenvalue weighted by atomic mass is 10.00. The fourth-order valence-electron chi connectivity index (χ4n) is 2.16. The van der Waals surface area contributed by atoms with Crippen molar-refractivity contribution in [2.75, 3.05) is 11.4 Å². The van der Waals surface area contributed by atoms with Gasteiger partial charge in [0, 0.05) is 25.5 Å². The lowest BCUT2D eigenvalue weighted by Crippen LogP contribution is -2.31. The molecular formula is C13H11BrFN3. The van der Waals surface area contributed by atoms with Gasteiger partial charge in [-0.05, 0) is 45.6 Å². The second-order valence-electron chi connectivity index (χ2n) is 4.29. The summed E-state index contributed by atoms with van der Waals surface area (Å²) in [7, 11) is 0. The monoisotopic (exact) mass is 307 g/mol. The molecular weight excluding hydrogens is 297 g/mol. The van der Waals surface area contributed by atoms with Crippen molar-refractivity contribution in [1.82, 2.24) is 9.97 Å². The van der Waals surface area contributed by atoms with Crippen LogP contribution in [0.15, 0.2) is 35.1 Å². The van der Waals surface area contributed by atoms with Gasteiger partial charge in [-0.3, -0.25) is 0 Å². The Morgan fingerprint density at radius 2 is 1.94 bits per heavy atom. The van der Waals surface area contributed by atoms with E-state index in [1.54, 1.807) is 18.5 Å². The van der Waals surface area contributed by atoms with Crippen molar-refractivity contribution in [2.24, 2.45) is 0 Å². The van der Waals surface area contributed by atoms with Gasteiger partial charge in [-0.25, -0.2) is 14.4 Å². The summed E-state index contributed by atoms with van der Waals surface area (Å²) in [6.07, 6.45) is 4.30. The topological polar surface area (TPSA) is 29.0 Å². The number of aromatic nitrogens is 2. The first-order valence-electron chi connectivity index (χ1n) is 5.72. The number of hydrogen-bond acceptors (Lipinski definition) is 3. The van der Waals surface area contributed by atoms with Crippen molar-refractivity contribution < 1.29 is 4.39 Å². The van der Waals surface area contributed by atoms with Gasteiger partial charge in [0.1, 0.15) is 5.82 Å². The second kappa shape index (κ2) is 4.65. The molecule has 92 valence electrons. The van der Waals surface area contributed by atoms with Crippen molar-refractivity contribution in [3.05, 3.63) is 52.0 Å². The number of hydrogen-bond donors (Lipinski definition) is 0. The fraction of sp³-hybridized carbons (Fsp3) is 0.231. The zero-order valence-corrected chi connectivity index (χ0v) is 11.2. The van der Waals surface area contributed by atoms with E-state index in [0.29, 0.717) is 5.95 Å². The Morgan fingerprint density at radius 3 is 2.72 bits per heavy atom. The zero-order valence-electron chi connectivity index (χ0n) is 9.61. The van der Waals surface area contributed by atoms with Crippen LogP contribution in [0.2, 0.25) is 0 Å². The molecule has 0 amide bonds. The summed E-state index contributed by atoms with van der Waals surface area (Å²) in [6, 6.07) is 4.97. The zero-order chi connectivity index (χ0) is 12.5. The van der Waals surface area contributed by atoms with Gasteiger partial charge in [-0.15, -0.1) is 0 Å². The van der Waals surface area contributed by atoms with E-state index in [-0.39, 0.29) is 5.82 Å². The molecule has 1 aliphatic rings. The molecule has 0 atom stereocenters. The summed E-state index contributed by atoms with van der Waals surface area (Å²) < 4.78 is 14.0. The maximum Gasteiger partial charge on any atom is 0.225 e.